The maximum atomic E-state index is 10.4. The van der Waals surface area contributed by atoms with Crippen molar-refractivity contribution in [3.05, 3.63) is 0 Å². The normalized spacial score (nSPS) is 30.2. The number of rotatable bonds is 4. The maximum absolute atomic E-state index is 10.4. The van der Waals surface area contributed by atoms with Gasteiger partial charge in [0.25, 0.3) is 0 Å². The highest BCUT2D eigenvalue weighted by atomic mass is 16.3. The summed E-state index contributed by atoms with van der Waals surface area (Å²) in [6.07, 6.45) is 7.43. The van der Waals surface area contributed by atoms with E-state index in [-0.39, 0.29) is 11.5 Å². The van der Waals surface area contributed by atoms with Crippen LogP contribution in [0.2, 0.25) is 0 Å². The number of hydrogen-bond donors (Lipinski definition) is 1. The Morgan fingerprint density at radius 2 is 1.67 bits per heavy atom. The highest BCUT2D eigenvalue weighted by Crippen LogP contribution is 2.39. The molecule has 0 bridgehead atoms. The van der Waals surface area contributed by atoms with Crippen LogP contribution >= 0.6 is 0 Å². The molecule has 1 aliphatic rings. The zero-order valence-electron chi connectivity index (χ0n) is 10.9. The largest absolute Gasteiger partial charge is 0.392 e. The van der Waals surface area contributed by atoms with Crippen LogP contribution in [-0.4, -0.2) is 11.2 Å². The summed E-state index contributed by atoms with van der Waals surface area (Å²) in [5.74, 6) is 1.49. The van der Waals surface area contributed by atoms with Crippen molar-refractivity contribution < 1.29 is 5.11 Å². The predicted octanol–water partition coefficient (Wildman–Crippen LogP) is 4.00. The summed E-state index contributed by atoms with van der Waals surface area (Å²) < 4.78 is 0. The van der Waals surface area contributed by atoms with Gasteiger partial charge >= 0.3 is 0 Å². The Bertz CT molecular complexity index is 178. The van der Waals surface area contributed by atoms with E-state index in [1.54, 1.807) is 0 Å². The van der Waals surface area contributed by atoms with Crippen molar-refractivity contribution in [3.8, 4) is 0 Å². The SMILES string of the molecule is CCC1CCC(C(O)C(C)(C)CC)CC1. The van der Waals surface area contributed by atoms with E-state index in [0.29, 0.717) is 5.92 Å². The molecule has 0 aromatic rings. The fraction of sp³-hybridized carbons (Fsp3) is 1.00. The molecule has 0 spiro atoms. The van der Waals surface area contributed by atoms with Gasteiger partial charge in [-0.1, -0.05) is 47.0 Å². The van der Waals surface area contributed by atoms with Crippen LogP contribution in [0.25, 0.3) is 0 Å². The van der Waals surface area contributed by atoms with Crippen LogP contribution < -0.4 is 0 Å². The van der Waals surface area contributed by atoms with Crippen LogP contribution in [0, 0.1) is 17.3 Å². The lowest BCUT2D eigenvalue weighted by atomic mass is 9.70. The van der Waals surface area contributed by atoms with Crippen LogP contribution in [0.3, 0.4) is 0 Å². The van der Waals surface area contributed by atoms with Crippen molar-refractivity contribution in [3.63, 3.8) is 0 Å². The monoisotopic (exact) mass is 212 g/mol. The molecule has 0 radical (unpaired) electrons. The first kappa shape index (κ1) is 13.0. The summed E-state index contributed by atoms with van der Waals surface area (Å²) in [5.41, 5.74) is 0.101. The third kappa shape index (κ3) is 3.21. The smallest absolute Gasteiger partial charge is 0.0619 e. The molecule has 1 fully saturated rings. The van der Waals surface area contributed by atoms with Crippen LogP contribution in [-0.2, 0) is 0 Å². The highest BCUT2D eigenvalue weighted by molar-refractivity contribution is 4.85. The minimum absolute atomic E-state index is 0.0969. The van der Waals surface area contributed by atoms with Crippen LogP contribution in [0.15, 0.2) is 0 Å². The average molecular weight is 212 g/mol. The summed E-state index contributed by atoms with van der Waals surface area (Å²) >= 11 is 0. The van der Waals surface area contributed by atoms with Gasteiger partial charge in [-0.25, -0.2) is 0 Å². The van der Waals surface area contributed by atoms with Crippen molar-refractivity contribution in [1.82, 2.24) is 0 Å². The summed E-state index contributed by atoms with van der Waals surface area (Å²) in [7, 11) is 0. The van der Waals surface area contributed by atoms with Gasteiger partial charge in [0.1, 0.15) is 0 Å². The van der Waals surface area contributed by atoms with E-state index >= 15 is 0 Å². The summed E-state index contributed by atoms with van der Waals surface area (Å²) in [6, 6.07) is 0. The van der Waals surface area contributed by atoms with Gasteiger partial charge in [0.05, 0.1) is 6.10 Å². The Morgan fingerprint density at radius 1 is 1.13 bits per heavy atom. The second-order valence-corrected chi connectivity index (χ2v) is 5.98. The molecule has 15 heavy (non-hydrogen) atoms. The standard InChI is InChI=1S/C14H28O/c1-5-11-7-9-12(10-8-11)13(15)14(3,4)6-2/h11-13,15H,5-10H2,1-4H3. The molecule has 0 heterocycles. The van der Waals surface area contributed by atoms with Crippen molar-refractivity contribution in [1.29, 1.82) is 0 Å². The van der Waals surface area contributed by atoms with Crippen molar-refractivity contribution >= 4 is 0 Å². The van der Waals surface area contributed by atoms with Gasteiger partial charge in [0.15, 0.2) is 0 Å². The van der Waals surface area contributed by atoms with Gasteiger partial charge in [-0.2, -0.15) is 0 Å². The van der Waals surface area contributed by atoms with Crippen molar-refractivity contribution in [2.24, 2.45) is 17.3 Å². The number of aliphatic hydroxyl groups excluding tert-OH is 1. The van der Waals surface area contributed by atoms with E-state index in [1.807, 2.05) is 0 Å². The average Bonchev–Trinajstić information content (AvgIpc) is 2.28. The highest BCUT2D eigenvalue weighted by Gasteiger charge is 2.34. The van der Waals surface area contributed by atoms with E-state index in [0.717, 1.165) is 12.3 Å². The molecule has 90 valence electrons. The molecule has 1 unspecified atom stereocenters. The molecular weight excluding hydrogens is 184 g/mol. The summed E-state index contributed by atoms with van der Waals surface area (Å²) in [4.78, 5) is 0. The topological polar surface area (TPSA) is 20.2 Å². The third-order valence-corrected chi connectivity index (χ3v) is 4.63. The predicted molar refractivity (Wildman–Crippen MR) is 65.8 cm³/mol. The Morgan fingerprint density at radius 3 is 2.07 bits per heavy atom. The second-order valence-electron chi connectivity index (χ2n) is 5.98. The fourth-order valence-corrected chi connectivity index (χ4v) is 2.76. The van der Waals surface area contributed by atoms with Gasteiger partial charge in [-0.15, -0.1) is 0 Å². The lowest BCUT2D eigenvalue weighted by molar-refractivity contribution is -0.0188. The van der Waals surface area contributed by atoms with Gasteiger partial charge in [0, 0.05) is 0 Å². The lowest BCUT2D eigenvalue weighted by Gasteiger charge is -2.38. The lowest BCUT2D eigenvalue weighted by Crippen LogP contribution is -2.37. The van der Waals surface area contributed by atoms with Gasteiger partial charge < -0.3 is 5.11 Å². The maximum Gasteiger partial charge on any atom is 0.0619 e. The molecular formula is C14H28O. The molecule has 0 saturated heterocycles. The van der Waals surface area contributed by atoms with Crippen LogP contribution in [0.5, 0.6) is 0 Å². The Labute approximate surface area is 95.3 Å². The summed E-state index contributed by atoms with van der Waals surface area (Å²) in [6.45, 7) is 8.87. The quantitative estimate of drug-likeness (QED) is 0.747. The van der Waals surface area contributed by atoms with Crippen molar-refractivity contribution in [2.75, 3.05) is 0 Å². The van der Waals surface area contributed by atoms with E-state index < -0.39 is 0 Å². The fourth-order valence-electron chi connectivity index (χ4n) is 2.76. The van der Waals surface area contributed by atoms with Gasteiger partial charge in [-0.05, 0) is 36.5 Å². The molecule has 0 aromatic carbocycles. The molecule has 0 aromatic heterocycles. The minimum atomic E-state index is -0.0969. The number of hydrogen-bond acceptors (Lipinski definition) is 1. The molecule has 1 atom stereocenters. The van der Waals surface area contributed by atoms with Crippen molar-refractivity contribution in [2.45, 2.75) is 72.3 Å². The van der Waals surface area contributed by atoms with Gasteiger partial charge in [-0.3, -0.25) is 0 Å². The Hall–Kier alpha value is -0.0400. The minimum Gasteiger partial charge on any atom is -0.392 e. The first-order chi connectivity index (χ1) is 7.01. The van der Waals surface area contributed by atoms with Gasteiger partial charge in [0.2, 0.25) is 0 Å². The molecule has 1 heteroatoms. The first-order valence-corrected chi connectivity index (χ1v) is 6.69. The molecule has 0 amide bonds. The molecule has 0 aliphatic heterocycles. The zero-order chi connectivity index (χ0) is 11.5. The molecule has 1 nitrogen and oxygen atoms in total. The zero-order valence-corrected chi connectivity index (χ0v) is 10.9. The third-order valence-electron chi connectivity index (χ3n) is 4.63. The van der Waals surface area contributed by atoms with E-state index in [4.69, 9.17) is 0 Å². The first-order valence-electron chi connectivity index (χ1n) is 6.69. The van der Waals surface area contributed by atoms with E-state index in [2.05, 4.69) is 27.7 Å². The van der Waals surface area contributed by atoms with Crippen LogP contribution in [0.1, 0.15) is 66.2 Å². The second kappa shape index (κ2) is 5.34. The van der Waals surface area contributed by atoms with E-state index in [1.165, 1.54) is 32.1 Å². The number of aliphatic hydroxyl groups is 1. The van der Waals surface area contributed by atoms with E-state index in [9.17, 15) is 5.11 Å². The Balaban J connectivity index is 2.46. The van der Waals surface area contributed by atoms with Crippen LogP contribution in [0.4, 0.5) is 0 Å². The summed E-state index contributed by atoms with van der Waals surface area (Å²) in [5, 5.41) is 10.4. The molecule has 1 N–H and O–H groups in total. The molecule has 1 saturated carbocycles. The molecule has 1 rings (SSSR count). The Kier molecular flexibility index (Phi) is 4.64. The molecule has 1 aliphatic carbocycles.